The largest absolute Gasteiger partial charge is 0.493 e. The number of hydrogen-bond donors (Lipinski definition) is 1. The van der Waals surface area contributed by atoms with E-state index in [2.05, 4.69) is 5.32 Å². The fraction of sp³-hybridized carbons (Fsp3) is 0.333. The second-order valence-electron chi connectivity index (χ2n) is 6.19. The zero-order valence-corrected chi connectivity index (χ0v) is 16.9. The Labute approximate surface area is 164 Å². The number of hydrogen-bond acceptors (Lipinski definition) is 6. The lowest BCUT2D eigenvalue weighted by Crippen LogP contribution is -2.31. The van der Waals surface area contributed by atoms with Crippen LogP contribution >= 0.6 is 0 Å². The third-order valence-corrected chi connectivity index (χ3v) is 4.41. The quantitative estimate of drug-likeness (QED) is 0.732. The fourth-order valence-corrected chi connectivity index (χ4v) is 2.59. The van der Waals surface area contributed by atoms with Crippen molar-refractivity contribution in [2.75, 3.05) is 26.6 Å². The molecule has 0 aliphatic carbocycles. The lowest BCUT2D eigenvalue weighted by molar-refractivity contribution is -0.122. The molecule has 0 saturated heterocycles. The molecule has 2 aromatic carbocycles. The molecule has 0 radical (unpaired) electrons. The molecule has 28 heavy (non-hydrogen) atoms. The molecule has 7 heteroatoms. The van der Waals surface area contributed by atoms with E-state index < -0.39 is 18.0 Å². The summed E-state index contributed by atoms with van der Waals surface area (Å²) in [6.07, 6.45) is -0.793. The van der Waals surface area contributed by atoms with Crippen LogP contribution in [-0.4, -0.2) is 39.3 Å². The van der Waals surface area contributed by atoms with Crippen molar-refractivity contribution in [1.82, 2.24) is 0 Å². The van der Waals surface area contributed by atoms with Crippen molar-refractivity contribution in [2.45, 2.75) is 26.9 Å². The molecule has 0 spiro atoms. The van der Waals surface area contributed by atoms with Gasteiger partial charge in [-0.3, -0.25) is 4.79 Å². The van der Waals surface area contributed by atoms with E-state index in [1.807, 2.05) is 32.0 Å². The third-order valence-electron chi connectivity index (χ3n) is 4.41. The highest BCUT2D eigenvalue weighted by atomic mass is 16.5. The second-order valence-corrected chi connectivity index (χ2v) is 6.19. The highest BCUT2D eigenvalue weighted by Gasteiger charge is 2.22. The summed E-state index contributed by atoms with van der Waals surface area (Å²) in [6.45, 7) is 5.54. The molecule has 1 unspecified atom stereocenters. The lowest BCUT2D eigenvalue weighted by atomic mass is 10.1. The van der Waals surface area contributed by atoms with Gasteiger partial charge < -0.3 is 24.3 Å². The number of ether oxygens (including phenoxy) is 4. The SMILES string of the molecule is COC(=O)c1cc(OC)c(OC)cc1NC(=O)C(C)Oc1cccc(C)c1C. The molecule has 0 saturated carbocycles. The standard InChI is InChI=1S/C21H25NO6/c1-12-8-7-9-17(13(12)2)28-14(3)20(23)22-16-11-19(26-5)18(25-4)10-15(16)21(24)27-6/h7-11,14H,1-6H3,(H,22,23). The minimum Gasteiger partial charge on any atom is -0.493 e. The van der Waals surface area contributed by atoms with Crippen LogP contribution in [0.4, 0.5) is 5.69 Å². The van der Waals surface area contributed by atoms with E-state index in [0.717, 1.165) is 11.1 Å². The molecule has 7 nitrogen and oxygen atoms in total. The molecular formula is C21H25NO6. The van der Waals surface area contributed by atoms with Gasteiger partial charge in [0.25, 0.3) is 5.91 Å². The van der Waals surface area contributed by atoms with Crippen molar-refractivity contribution in [3.8, 4) is 17.2 Å². The smallest absolute Gasteiger partial charge is 0.340 e. The molecule has 0 aliphatic rings. The average molecular weight is 387 g/mol. The number of carbonyl (C=O) groups excluding carboxylic acids is 2. The molecule has 0 aliphatic heterocycles. The van der Waals surface area contributed by atoms with E-state index in [1.165, 1.54) is 33.5 Å². The number of rotatable bonds is 7. The number of anilines is 1. The maximum absolute atomic E-state index is 12.7. The van der Waals surface area contributed by atoms with Gasteiger partial charge in [-0.25, -0.2) is 4.79 Å². The summed E-state index contributed by atoms with van der Waals surface area (Å²) in [6, 6.07) is 8.61. The Hall–Kier alpha value is -3.22. The van der Waals surface area contributed by atoms with Crippen molar-refractivity contribution < 1.29 is 28.5 Å². The Kier molecular flexibility index (Phi) is 6.87. The van der Waals surface area contributed by atoms with Crippen LogP contribution in [0.25, 0.3) is 0 Å². The summed E-state index contributed by atoms with van der Waals surface area (Å²) in [5.74, 6) is 0.315. The zero-order chi connectivity index (χ0) is 20.8. The maximum Gasteiger partial charge on any atom is 0.340 e. The lowest BCUT2D eigenvalue weighted by Gasteiger charge is -2.19. The minimum absolute atomic E-state index is 0.146. The molecule has 1 N–H and O–H groups in total. The predicted molar refractivity (Wildman–Crippen MR) is 106 cm³/mol. The summed E-state index contributed by atoms with van der Waals surface area (Å²) in [7, 11) is 4.18. The van der Waals surface area contributed by atoms with E-state index in [1.54, 1.807) is 6.92 Å². The van der Waals surface area contributed by atoms with Crippen molar-refractivity contribution >= 4 is 17.6 Å². The first-order valence-electron chi connectivity index (χ1n) is 8.70. The molecule has 2 rings (SSSR count). The van der Waals surface area contributed by atoms with E-state index in [0.29, 0.717) is 17.2 Å². The van der Waals surface area contributed by atoms with Crippen LogP contribution in [0.5, 0.6) is 17.2 Å². The zero-order valence-electron chi connectivity index (χ0n) is 16.9. The molecule has 1 atom stereocenters. The molecule has 0 aromatic heterocycles. The molecule has 150 valence electrons. The number of aryl methyl sites for hydroxylation is 1. The van der Waals surface area contributed by atoms with Gasteiger partial charge in [-0.05, 0) is 38.0 Å². The Morgan fingerprint density at radius 3 is 2.21 bits per heavy atom. The van der Waals surface area contributed by atoms with Gasteiger partial charge in [-0.1, -0.05) is 12.1 Å². The molecular weight excluding hydrogens is 362 g/mol. The van der Waals surface area contributed by atoms with Crippen molar-refractivity contribution in [3.05, 3.63) is 47.0 Å². The number of benzene rings is 2. The number of carbonyl (C=O) groups is 2. The van der Waals surface area contributed by atoms with Gasteiger partial charge >= 0.3 is 5.97 Å². The molecule has 1 amide bonds. The Balaban J connectivity index is 2.28. The van der Waals surface area contributed by atoms with Crippen molar-refractivity contribution in [2.24, 2.45) is 0 Å². The van der Waals surface area contributed by atoms with Gasteiger partial charge in [0, 0.05) is 12.1 Å². The Morgan fingerprint density at radius 2 is 1.61 bits per heavy atom. The van der Waals surface area contributed by atoms with E-state index in [9.17, 15) is 9.59 Å². The van der Waals surface area contributed by atoms with Crippen LogP contribution in [0.2, 0.25) is 0 Å². The topological polar surface area (TPSA) is 83.1 Å². The summed E-state index contributed by atoms with van der Waals surface area (Å²) >= 11 is 0. The highest BCUT2D eigenvalue weighted by molar-refractivity contribution is 6.03. The second kappa shape index (κ2) is 9.12. The van der Waals surface area contributed by atoms with Gasteiger partial charge in [0.05, 0.1) is 32.6 Å². The van der Waals surface area contributed by atoms with Crippen molar-refractivity contribution in [1.29, 1.82) is 0 Å². The fourth-order valence-electron chi connectivity index (χ4n) is 2.59. The highest BCUT2D eigenvalue weighted by Crippen LogP contribution is 2.34. The summed E-state index contributed by atoms with van der Waals surface area (Å²) < 4.78 is 21.1. The van der Waals surface area contributed by atoms with Crippen LogP contribution in [0.1, 0.15) is 28.4 Å². The normalized spacial score (nSPS) is 11.4. The first-order chi connectivity index (χ1) is 13.3. The van der Waals surface area contributed by atoms with Gasteiger partial charge in [-0.15, -0.1) is 0 Å². The van der Waals surface area contributed by atoms with Gasteiger partial charge in [0.15, 0.2) is 17.6 Å². The van der Waals surface area contributed by atoms with Crippen LogP contribution in [0.15, 0.2) is 30.3 Å². The van der Waals surface area contributed by atoms with Gasteiger partial charge in [0.2, 0.25) is 0 Å². The molecule has 0 bridgehead atoms. The van der Waals surface area contributed by atoms with Crippen LogP contribution in [0, 0.1) is 13.8 Å². The van der Waals surface area contributed by atoms with Crippen LogP contribution in [0.3, 0.4) is 0 Å². The number of amides is 1. The summed E-state index contributed by atoms with van der Waals surface area (Å²) in [5.41, 5.74) is 2.42. The summed E-state index contributed by atoms with van der Waals surface area (Å²) in [5, 5.41) is 2.71. The van der Waals surface area contributed by atoms with Crippen LogP contribution < -0.4 is 19.5 Å². The average Bonchev–Trinajstić information content (AvgIpc) is 2.70. The molecule has 0 fully saturated rings. The van der Waals surface area contributed by atoms with Crippen molar-refractivity contribution in [3.63, 3.8) is 0 Å². The minimum atomic E-state index is -0.793. The molecule has 2 aromatic rings. The number of methoxy groups -OCH3 is 3. The third kappa shape index (κ3) is 4.54. The molecule has 0 heterocycles. The number of nitrogens with one attached hydrogen (secondary N) is 1. The predicted octanol–water partition coefficient (Wildman–Crippen LogP) is 3.51. The first-order valence-corrected chi connectivity index (χ1v) is 8.70. The van der Waals surface area contributed by atoms with E-state index in [-0.39, 0.29) is 11.3 Å². The maximum atomic E-state index is 12.7. The van der Waals surface area contributed by atoms with Crippen LogP contribution in [-0.2, 0) is 9.53 Å². The monoisotopic (exact) mass is 387 g/mol. The Morgan fingerprint density at radius 1 is 0.964 bits per heavy atom. The van der Waals surface area contributed by atoms with Gasteiger partial charge in [0.1, 0.15) is 5.75 Å². The number of esters is 1. The summed E-state index contributed by atoms with van der Waals surface area (Å²) in [4.78, 5) is 24.8. The first kappa shape index (κ1) is 21.1. The Bertz CT molecular complexity index is 877. The van der Waals surface area contributed by atoms with E-state index in [4.69, 9.17) is 18.9 Å². The van der Waals surface area contributed by atoms with Gasteiger partial charge in [-0.2, -0.15) is 0 Å². The van der Waals surface area contributed by atoms with E-state index >= 15 is 0 Å².